The van der Waals surface area contributed by atoms with Gasteiger partial charge < -0.3 is 14.8 Å². The molecule has 158 valence electrons. The van der Waals surface area contributed by atoms with Crippen molar-refractivity contribution in [3.63, 3.8) is 0 Å². The lowest BCUT2D eigenvalue weighted by Gasteiger charge is -2.35. The van der Waals surface area contributed by atoms with Gasteiger partial charge in [0.1, 0.15) is 23.2 Å². The standard InChI is InChI=1S/C22H21FN6O2/c1-14-2-4-16-21(20(14)23)26-17(27-22(16)31)5-7-19(30)29-10-8-28(9-11-29)18-6-3-15(12-24)13-25-18/h2-4,6,13H,5,7-11H2,1H3,(H,26,27,31). The summed E-state index contributed by atoms with van der Waals surface area (Å²) in [6.45, 7) is 4.00. The van der Waals surface area contributed by atoms with Crippen LogP contribution in [0.1, 0.15) is 23.4 Å². The number of H-pyrrole nitrogens is 1. The SMILES string of the molecule is Cc1ccc2c(=O)[nH]c(CCC(=O)N3CCN(c4ccc(C#N)cn4)CC3)nc2c1F. The van der Waals surface area contributed by atoms with E-state index in [1.54, 1.807) is 36.1 Å². The van der Waals surface area contributed by atoms with Crippen molar-refractivity contribution in [2.45, 2.75) is 19.8 Å². The number of rotatable bonds is 4. The van der Waals surface area contributed by atoms with Crippen molar-refractivity contribution in [1.29, 1.82) is 5.26 Å². The Morgan fingerprint density at radius 3 is 2.68 bits per heavy atom. The van der Waals surface area contributed by atoms with Crippen molar-refractivity contribution in [3.05, 3.63) is 63.6 Å². The fraction of sp³-hybridized carbons (Fsp3) is 0.318. The van der Waals surface area contributed by atoms with Gasteiger partial charge in [-0.15, -0.1) is 0 Å². The van der Waals surface area contributed by atoms with Crippen LogP contribution in [0.25, 0.3) is 10.9 Å². The number of carbonyl (C=O) groups excluding carboxylic acids is 1. The van der Waals surface area contributed by atoms with Crippen LogP contribution < -0.4 is 10.5 Å². The van der Waals surface area contributed by atoms with Gasteiger partial charge >= 0.3 is 0 Å². The first-order valence-electron chi connectivity index (χ1n) is 10.0. The molecule has 9 heteroatoms. The fourth-order valence-electron chi connectivity index (χ4n) is 3.65. The van der Waals surface area contributed by atoms with E-state index in [-0.39, 0.29) is 29.7 Å². The van der Waals surface area contributed by atoms with Crippen molar-refractivity contribution >= 4 is 22.6 Å². The molecule has 1 saturated heterocycles. The number of anilines is 1. The Hall–Kier alpha value is -3.80. The van der Waals surface area contributed by atoms with Crippen LogP contribution in [-0.2, 0) is 11.2 Å². The Labute approximate surface area is 178 Å². The highest BCUT2D eigenvalue weighted by molar-refractivity contribution is 5.79. The normalized spacial score (nSPS) is 14.0. The minimum absolute atomic E-state index is 0.0368. The first-order valence-corrected chi connectivity index (χ1v) is 10.0. The fourth-order valence-corrected chi connectivity index (χ4v) is 3.65. The maximum Gasteiger partial charge on any atom is 0.258 e. The van der Waals surface area contributed by atoms with E-state index in [2.05, 4.69) is 19.9 Å². The molecule has 0 spiro atoms. The minimum Gasteiger partial charge on any atom is -0.353 e. The summed E-state index contributed by atoms with van der Waals surface area (Å²) in [6.07, 6.45) is 1.94. The second-order valence-corrected chi connectivity index (χ2v) is 7.49. The molecule has 8 nitrogen and oxygen atoms in total. The van der Waals surface area contributed by atoms with Crippen molar-refractivity contribution in [2.24, 2.45) is 0 Å². The second kappa shape index (κ2) is 8.52. The molecular weight excluding hydrogens is 399 g/mol. The van der Waals surface area contributed by atoms with E-state index in [9.17, 15) is 14.0 Å². The summed E-state index contributed by atoms with van der Waals surface area (Å²) < 4.78 is 14.4. The van der Waals surface area contributed by atoms with Crippen LogP contribution in [0.15, 0.2) is 35.3 Å². The van der Waals surface area contributed by atoms with Crippen LogP contribution in [0.3, 0.4) is 0 Å². The number of nitrogens with zero attached hydrogens (tertiary/aromatic N) is 5. The lowest BCUT2D eigenvalue weighted by atomic mass is 10.1. The van der Waals surface area contributed by atoms with Crippen molar-refractivity contribution < 1.29 is 9.18 Å². The molecule has 1 N–H and O–H groups in total. The largest absolute Gasteiger partial charge is 0.353 e. The summed E-state index contributed by atoms with van der Waals surface area (Å²) in [5.74, 6) is 0.528. The molecule has 0 aliphatic carbocycles. The maximum absolute atomic E-state index is 14.4. The molecule has 1 aliphatic heterocycles. The lowest BCUT2D eigenvalue weighted by Crippen LogP contribution is -2.49. The summed E-state index contributed by atoms with van der Waals surface area (Å²) in [4.78, 5) is 39.9. The molecule has 3 heterocycles. The molecule has 0 atom stereocenters. The number of amides is 1. The quantitative estimate of drug-likeness (QED) is 0.691. The molecule has 0 saturated carbocycles. The molecule has 2 aromatic heterocycles. The molecule has 1 fully saturated rings. The van der Waals surface area contributed by atoms with Crippen LogP contribution in [0.4, 0.5) is 10.2 Å². The Kier molecular flexibility index (Phi) is 5.62. The van der Waals surface area contributed by atoms with E-state index in [4.69, 9.17) is 5.26 Å². The number of piperazine rings is 1. The van der Waals surface area contributed by atoms with Crippen LogP contribution in [0.5, 0.6) is 0 Å². The summed E-state index contributed by atoms with van der Waals surface area (Å²) in [7, 11) is 0. The molecule has 1 amide bonds. The summed E-state index contributed by atoms with van der Waals surface area (Å²) in [5, 5.41) is 9.07. The Morgan fingerprint density at radius 1 is 1.23 bits per heavy atom. The van der Waals surface area contributed by atoms with Gasteiger partial charge in [0, 0.05) is 45.2 Å². The highest BCUT2D eigenvalue weighted by Crippen LogP contribution is 2.17. The number of carbonyl (C=O) groups is 1. The van der Waals surface area contributed by atoms with Crippen molar-refractivity contribution in [3.8, 4) is 6.07 Å². The number of hydrogen-bond acceptors (Lipinski definition) is 6. The molecular formula is C22H21FN6O2. The van der Waals surface area contributed by atoms with Gasteiger partial charge in [-0.3, -0.25) is 9.59 Å². The highest BCUT2D eigenvalue weighted by atomic mass is 19.1. The van der Waals surface area contributed by atoms with Gasteiger partial charge in [-0.05, 0) is 30.7 Å². The number of aryl methyl sites for hydroxylation is 2. The second-order valence-electron chi connectivity index (χ2n) is 7.49. The van der Waals surface area contributed by atoms with Gasteiger partial charge in [0.2, 0.25) is 5.91 Å². The molecule has 1 aromatic carbocycles. The Morgan fingerprint density at radius 2 is 2.00 bits per heavy atom. The zero-order valence-electron chi connectivity index (χ0n) is 17.1. The van der Waals surface area contributed by atoms with Gasteiger partial charge in [0.15, 0.2) is 5.82 Å². The summed E-state index contributed by atoms with van der Waals surface area (Å²) in [5.41, 5.74) is 0.555. The third-order valence-electron chi connectivity index (χ3n) is 5.47. The monoisotopic (exact) mass is 420 g/mol. The summed E-state index contributed by atoms with van der Waals surface area (Å²) >= 11 is 0. The zero-order chi connectivity index (χ0) is 22.0. The molecule has 0 bridgehead atoms. The van der Waals surface area contributed by atoms with Gasteiger partial charge in [0.25, 0.3) is 5.56 Å². The predicted molar refractivity (Wildman–Crippen MR) is 113 cm³/mol. The minimum atomic E-state index is -0.510. The number of halogens is 1. The van der Waals surface area contributed by atoms with Crippen molar-refractivity contribution in [2.75, 3.05) is 31.1 Å². The number of benzene rings is 1. The van der Waals surface area contributed by atoms with Gasteiger partial charge in [-0.2, -0.15) is 5.26 Å². The number of nitriles is 1. The molecule has 0 unspecified atom stereocenters. The van der Waals surface area contributed by atoms with Gasteiger partial charge in [-0.25, -0.2) is 14.4 Å². The number of nitrogens with one attached hydrogen (secondary N) is 1. The lowest BCUT2D eigenvalue weighted by molar-refractivity contribution is -0.131. The smallest absolute Gasteiger partial charge is 0.258 e. The predicted octanol–water partition coefficient (Wildman–Crippen LogP) is 1.92. The van der Waals surface area contributed by atoms with Gasteiger partial charge in [-0.1, -0.05) is 6.07 Å². The number of aromatic amines is 1. The average Bonchev–Trinajstić information content (AvgIpc) is 2.80. The van der Waals surface area contributed by atoms with Crippen LogP contribution >= 0.6 is 0 Å². The average molecular weight is 420 g/mol. The van der Waals surface area contributed by atoms with Crippen LogP contribution in [0.2, 0.25) is 0 Å². The molecule has 3 aromatic rings. The van der Waals surface area contributed by atoms with Crippen LogP contribution in [-0.4, -0.2) is 51.9 Å². The topological polar surface area (TPSA) is 106 Å². The number of aromatic nitrogens is 3. The van der Waals surface area contributed by atoms with Gasteiger partial charge in [0.05, 0.1) is 10.9 Å². The number of hydrogen-bond donors (Lipinski definition) is 1. The highest BCUT2D eigenvalue weighted by Gasteiger charge is 2.22. The first-order chi connectivity index (χ1) is 15.0. The third kappa shape index (κ3) is 4.23. The number of pyridine rings is 1. The van der Waals surface area contributed by atoms with E-state index < -0.39 is 11.4 Å². The van der Waals surface area contributed by atoms with E-state index in [1.165, 1.54) is 6.20 Å². The van der Waals surface area contributed by atoms with Crippen LogP contribution in [0, 0.1) is 24.1 Å². The Balaban J connectivity index is 1.37. The maximum atomic E-state index is 14.4. The first kappa shape index (κ1) is 20.5. The zero-order valence-corrected chi connectivity index (χ0v) is 17.1. The molecule has 0 radical (unpaired) electrons. The molecule has 1 aliphatic rings. The Bertz CT molecular complexity index is 1220. The summed E-state index contributed by atoms with van der Waals surface area (Å²) in [6, 6.07) is 8.67. The number of fused-ring (bicyclic) bond motifs is 1. The van der Waals surface area contributed by atoms with E-state index in [0.717, 1.165) is 5.82 Å². The van der Waals surface area contributed by atoms with E-state index >= 15 is 0 Å². The molecule has 4 rings (SSSR count). The third-order valence-corrected chi connectivity index (χ3v) is 5.47. The van der Waals surface area contributed by atoms with Crippen molar-refractivity contribution in [1.82, 2.24) is 19.9 Å². The van der Waals surface area contributed by atoms with E-state index in [1.807, 2.05) is 6.07 Å². The molecule has 31 heavy (non-hydrogen) atoms. The van der Waals surface area contributed by atoms with E-state index in [0.29, 0.717) is 43.1 Å².